The van der Waals surface area contributed by atoms with Gasteiger partial charge in [-0.3, -0.25) is 0 Å². The molecule has 0 bridgehead atoms. The molecule has 1 aromatic heterocycles. The summed E-state index contributed by atoms with van der Waals surface area (Å²) in [5, 5.41) is 11.7. The number of nitrogens with zero attached hydrogens (tertiary/aromatic N) is 1. The van der Waals surface area contributed by atoms with Crippen LogP contribution in [0.2, 0.25) is 0 Å². The Morgan fingerprint density at radius 3 is 2.93 bits per heavy atom. The first-order chi connectivity index (χ1) is 7.30. The van der Waals surface area contributed by atoms with Crippen LogP contribution in [0.25, 0.3) is 0 Å². The first kappa shape index (κ1) is 12.0. The van der Waals surface area contributed by atoms with Crippen molar-refractivity contribution in [1.29, 1.82) is 0 Å². The molecule has 15 heavy (non-hydrogen) atoms. The number of nitrogens with one attached hydrogen (secondary N) is 1. The minimum atomic E-state index is -0.128. The van der Waals surface area contributed by atoms with Crippen LogP contribution in [-0.4, -0.2) is 43.6 Å². The number of aliphatic hydroxyl groups is 1. The molecule has 2 N–H and O–H groups in total. The van der Waals surface area contributed by atoms with Gasteiger partial charge in [0.2, 0.25) is 0 Å². The van der Waals surface area contributed by atoms with Crippen molar-refractivity contribution >= 4 is 6.01 Å². The van der Waals surface area contributed by atoms with E-state index in [-0.39, 0.29) is 12.7 Å². The number of oxazole rings is 1. The number of methoxy groups -OCH3 is 2. The summed E-state index contributed by atoms with van der Waals surface area (Å²) in [4.78, 5) is 3.97. The molecular formula is C9H16N2O4. The Morgan fingerprint density at radius 2 is 2.40 bits per heavy atom. The minimum Gasteiger partial charge on any atom is -0.432 e. The Labute approximate surface area is 88.2 Å². The average molecular weight is 216 g/mol. The lowest BCUT2D eigenvalue weighted by molar-refractivity contribution is 0.0363. The number of hydrogen-bond acceptors (Lipinski definition) is 6. The van der Waals surface area contributed by atoms with Gasteiger partial charge in [-0.2, -0.15) is 4.98 Å². The van der Waals surface area contributed by atoms with E-state index in [1.807, 2.05) is 0 Å². The smallest absolute Gasteiger partial charge is 0.294 e. The monoisotopic (exact) mass is 216 g/mol. The molecule has 1 heterocycles. The predicted octanol–water partition coefficient (Wildman–Crippen LogP) is 0.240. The number of hydrogen-bond donors (Lipinski definition) is 2. The van der Waals surface area contributed by atoms with Gasteiger partial charge in [0.25, 0.3) is 6.01 Å². The molecule has 0 aromatic carbocycles. The van der Waals surface area contributed by atoms with Gasteiger partial charge in [0.15, 0.2) is 0 Å². The number of rotatable bonds is 7. The van der Waals surface area contributed by atoms with Crippen molar-refractivity contribution in [2.24, 2.45) is 0 Å². The number of anilines is 1. The SMILES string of the molecule is COCC(CNc1nc(CO)co1)OC. The molecule has 0 aliphatic carbocycles. The van der Waals surface area contributed by atoms with Gasteiger partial charge in [0, 0.05) is 20.8 Å². The van der Waals surface area contributed by atoms with E-state index in [1.54, 1.807) is 14.2 Å². The third-order valence-corrected chi connectivity index (χ3v) is 1.88. The Hall–Kier alpha value is -1.11. The fourth-order valence-electron chi connectivity index (χ4n) is 1.06. The molecule has 1 aromatic rings. The first-order valence-electron chi connectivity index (χ1n) is 4.61. The number of aromatic nitrogens is 1. The standard InChI is InChI=1S/C9H16N2O4/c1-13-6-8(14-2)3-10-9-11-7(4-12)5-15-9/h5,8,12H,3-4,6H2,1-2H3,(H,10,11). The lowest BCUT2D eigenvalue weighted by atomic mass is 10.4. The van der Waals surface area contributed by atoms with Gasteiger partial charge < -0.3 is 24.3 Å². The molecule has 1 rings (SSSR count). The third kappa shape index (κ3) is 3.86. The molecule has 1 atom stereocenters. The molecule has 0 aliphatic rings. The molecule has 0 fully saturated rings. The second-order valence-electron chi connectivity index (χ2n) is 3.00. The van der Waals surface area contributed by atoms with E-state index < -0.39 is 0 Å². The Kier molecular flexibility index (Phi) is 5.09. The van der Waals surface area contributed by atoms with Crippen LogP contribution in [0, 0.1) is 0 Å². The van der Waals surface area contributed by atoms with E-state index in [1.165, 1.54) is 6.26 Å². The highest BCUT2D eigenvalue weighted by atomic mass is 16.5. The van der Waals surface area contributed by atoms with Crippen LogP contribution in [0.1, 0.15) is 5.69 Å². The van der Waals surface area contributed by atoms with Crippen molar-refractivity contribution in [3.05, 3.63) is 12.0 Å². The Morgan fingerprint density at radius 1 is 1.60 bits per heavy atom. The van der Waals surface area contributed by atoms with Crippen LogP contribution in [0.5, 0.6) is 0 Å². The van der Waals surface area contributed by atoms with E-state index in [0.717, 1.165) is 0 Å². The van der Waals surface area contributed by atoms with E-state index in [0.29, 0.717) is 24.9 Å². The number of ether oxygens (including phenoxy) is 2. The predicted molar refractivity (Wildman–Crippen MR) is 53.6 cm³/mol. The molecule has 6 nitrogen and oxygen atoms in total. The zero-order chi connectivity index (χ0) is 11.1. The van der Waals surface area contributed by atoms with Crippen LogP contribution in [0.15, 0.2) is 10.7 Å². The van der Waals surface area contributed by atoms with Crippen molar-refractivity contribution in [1.82, 2.24) is 4.98 Å². The van der Waals surface area contributed by atoms with Crippen LogP contribution < -0.4 is 5.32 Å². The van der Waals surface area contributed by atoms with Crippen molar-refractivity contribution < 1.29 is 19.0 Å². The second-order valence-corrected chi connectivity index (χ2v) is 3.00. The molecule has 0 saturated heterocycles. The highest BCUT2D eigenvalue weighted by molar-refractivity contribution is 5.21. The molecular weight excluding hydrogens is 200 g/mol. The summed E-state index contributed by atoms with van der Waals surface area (Å²) < 4.78 is 15.1. The summed E-state index contributed by atoms with van der Waals surface area (Å²) in [6.45, 7) is 0.906. The minimum absolute atomic E-state index is 0.0560. The zero-order valence-corrected chi connectivity index (χ0v) is 8.90. The first-order valence-corrected chi connectivity index (χ1v) is 4.61. The van der Waals surface area contributed by atoms with E-state index in [9.17, 15) is 0 Å². The molecule has 86 valence electrons. The zero-order valence-electron chi connectivity index (χ0n) is 8.90. The van der Waals surface area contributed by atoms with Crippen LogP contribution in [0.4, 0.5) is 6.01 Å². The lowest BCUT2D eigenvalue weighted by Crippen LogP contribution is -2.26. The maximum absolute atomic E-state index is 8.76. The highest BCUT2D eigenvalue weighted by Gasteiger charge is 2.08. The lowest BCUT2D eigenvalue weighted by Gasteiger charge is -2.13. The summed E-state index contributed by atoms with van der Waals surface area (Å²) in [6.07, 6.45) is 1.35. The molecule has 1 unspecified atom stereocenters. The van der Waals surface area contributed by atoms with E-state index in [2.05, 4.69) is 10.3 Å². The number of aliphatic hydroxyl groups excluding tert-OH is 1. The van der Waals surface area contributed by atoms with Crippen LogP contribution in [-0.2, 0) is 16.1 Å². The topological polar surface area (TPSA) is 76.8 Å². The molecule has 0 aliphatic heterocycles. The van der Waals surface area contributed by atoms with Gasteiger partial charge in [-0.05, 0) is 0 Å². The normalized spacial score (nSPS) is 12.7. The summed E-state index contributed by atoms with van der Waals surface area (Å²) in [7, 11) is 3.22. The fourth-order valence-corrected chi connectivity index (χ4v) is 1.06. The van der Waals surface area contributed by atoms with Crippen LogP contribution in [0.3, 0.4) is 0 Å². The Bertz CT molecular complexity index is 277. The Balaban J connectivity index is 2.34. The maximum Gasteiger partial charge on any atom is 0.294 e. The van der Waals surface area contributed by atoms with Gasteiger partial charge >= 0.3 is 0 Å². The maximum atomic E-state index is 8.76. The summed E-state index contributed by atoms with van der Waals surface area (Å²) in [6, 6.07) is 0.372. The van der Waals surface area contributed by atoms with Gasteiger partial charge in [0.05, 0.1) is 19.3 Å². The third-order valence-electron chi connectivity index (χ3n) is 1.88. The molecule has 0 saturated carbocycles. The summed E-state index contributed by atoms with van der Waals surface area (Å²) in [5.41, 5.74) is 0.498. The molecule has 0 radical (unpaired) electrons. The van der Waals surface area contributed by atoms with E-state index in [4.69, 9.17) is 19.0 Å². The van der Waals surface area contributed by atoms with Crippen LogP contribution >= 0.6 is 0 Å². The molecule has 0 spiro atoms. The van der Waals surface area contributed by atoms with Crippen molar-refractivity contribution in [2.45, 2.75) is 12.7 Å². The quantitative estimate of drug-likeness (QED) is 0.680. The van der Waals surface area contributed by atoms with Gasteiger partial charge in [-0.1, -0.05) is 0 Å². The molecule has 0 amide bonds. The van der Waals surface area contributed by atoms with Crippen molar-refractivity contribution in [3.63, 3.8) is 0 Å². The molecule has 6 heteroatoms. The van der Waals surface area contributed by atoms with E-state index >= 15 is 0 Å². The average Bonchev–Trinajstić information content (AvgIpc) is 2.72. The van der Waals surface area contributed by atoms with Gasteiger partial charge in [-0.25, -0.2) is 0 Å². The fraction of sp³-hybridized carbons (Fsp3) is 0.667. The largest absolute Gasteiger partial charge is 0.432 e. The second kappa shape index (κ2) is 6.39. The van der Waals surface area contributed by atoms with Crippen molar-refractivity contribution in [2.75, 3.05) is 32.7 Å². The summed E-state index contributed by atoms with van der Waals surface area (Å²) >= 11 is 0. The van der Waals surface area contributed by atoms with Gasteiger partial charge in [0.1, 0.15) is 12.0 Å². The summed E-state index contributed by atoms with van der Waals surface area (Å²) in [5.74, 6) is 0. The highest BCUT2D eigenvalue weighted by Crippen LogP contribution is 2.07. The van der Waals surface area contributed by atoms with Gasteiger partial charge in [-0.15, -0.1) is 0 Å². The van der Waals surface area contributed by atoms with Crippen molar-refractivity contribution in [3.8, 4) is 0 Å².